The number of carbonyl (C=O) groups excluding carboxylic acids is 3. The Bertz CT molecular complexity index is 1060. The molecule has 8 nitrogen and oxygen atoms in total. The number of halogens is 1. The molecule has 0 aromatic heterocycles. The zero-order valence-electron chi connectivity index (χ0n) is 20.3. The molecule has 0 spiro atoms. The molecule has 2 amide bonds. The molecule has 3 rings (SSSR count). The zero-order valence-corrected chi connectivity index (χ0v) is 21.9. The lowest BCUT2D eigenvalue weighted by molar-refractivity contribution is -0.150. The van der Waals surface area contributed by atoms with Crippen molar-refractivity contribution in [3.05, 3.63) is 39.4 Å². The van der Waals surface area contributed by atoms with E-state index in [9.17, 15) is 19.6 Å². The van der Waals surface area contributed by atoms with Crippen LogP contribution in [0.2, 0.25) is 5.02 Å². The molecule has 1 N–H and O–H groups in total. The van der Waals surface area contributed by atoms with Gasteiger partial charge in [-0.3, -0.25) is 14.4 Å². The van der Waals surface area contributed by atoms with Crippen molar-refractivity contribution in [3.8, 4) is 11.8 Å². The SMILES string of the molecule is CCOc1ccc([C@@H]2C(C#N)=C(SCC(=O)N3[C@H](C)CCC[C@@H]3C)NC(=O)[C@@H]2C(=O)OC)cc1Cl. The van der Waals surface area contributed by atoms with Crippen molar-refractivity contribution in [1.29, 1.82) is 5.26 Å². The number of allylic oxidation sites excluding steroid dienone is 1. The number of nitrogens with one attached hydrogen (secondary N) is 1. The van der Waals surface area contributed by atoms with Gasteiger partial charge in [0, 0.05) is 18.0 Å². The number of amides is 2. The van der Waals surface area contributed by atoms with Crippen LogP contribution < -0.4 is 10.1 Å². The number of esters is 1. The smallest absolute Gasteiger partial charge is 0.319 e. The number of thioether (sulfide) groups is 1. The van der Waals surface area contributed by atoms with E-state index in [-0.39, 0.29) is 34.3 Å². The zero-order chi connectivity index (χ0) is 25.7. The number of ether oxygens (including phenoxy) is 2. The quantitative estimate of drug-likeness (QED) is 0.428. The minimum atomic E-state index is -1.27. The summed E-state index contributed by atoms with van der Waals surface area (Å²) in [6.07, 6.45) is 2.98. The molecule has 2 heterocycles. The largest absolute Gasteiger partial charge is 0.492 e. The molecule has 0 radical (unpaired) electrons. The van der Waals surface area contributed by atoms with E-state index in [0.29, 0.717) is 22.9 Å². The summed E-state index contributed by atoms with van der Waals surface area (Å²) in [6.45, 7) is 6.32. The summed E-state index contributed by atoms with van der Waals surface area (Å²) in [7, 11) is 1.19. The molecule has 4 atom stereocenters. The standard InChI is InChI=1S/C25H30ClN3O5S/c1-5-34-19-10-9-16(11-18(19)26)21-17(12-27)24(28-23(31)22(21)25(32)33-4)35-13-20(30)29-14(2)7-6-8-15(29)3/h9-11,14-15,21-22H,5-8,13H2,1-4H3,(H,28,31)/t14-,15+,21-,22-/m1/s1. The van der Waals surface area contributed by atoms with Gasteiger partial charge in [0.1, 0.15) is 11.7 Å². The van der Waals surface area contributed by atoms with Gasteiger partial charge in [0.25, 0.3) is 0 Å². The Balaban J connectivity index is 1.96. The van der Waals surface area contributed by atoms with Crippen LogP contribution in [0.4, 0.5) is 0 Å². The molecular formula is C25H30ClN3O5S. The van der Waals surface area contributed by atoms with Gasteiger partial charge in [0.2, 0.25) is 11.8 Å². The second kappa shape index (κ2) is 11.8. The molecule has 1 fully saturated rings. The minimum Gasteiger partial charge on any atom is -0.492 e. The molecule has 2 aliphatic rings. The summed E-state index contributed by atoms with van der Waals surface area (Å²) in [5.41, 5.74) is 0.681. The van der Waals surface area contributed by atoms with Gasteiger partial charge in [-0.05, 0) is 57.7 Å². The van der Waals surface area contributed by atoms with Crippen molar-refractivity contribution < 1.29 is 23.9 Å². The van der Waals surface area contributed by atoms with Crippen molar-refractivity contribution in [2.75, 3.05) is 19.5 Å². The highest BCUT2D eigenvalue weighted by molar-refractivity contribution is 8.03. The van der Waals surface area contributed by atoms with E-state index in [0.717, 1.165) is 31.0 Å². The van der Waals surface area contributed by atoms with E-state index in [4.69, 9.17) is 21.1 Å². The van der Waals surface area contributed by atoms with Gasteiger partial charge in [-0.15, -0.1) is 0 Å². The average Bonchev–Trinajstić information content (AvgIpc) is 2.83. The number of nitriles is 1. The Labute approximate surface area is 215 Å². The van der Waals surface area contributed by atoms with E-state index in [1.54, 1.807) is 18.2 Å². The monoisotopic (exact) mass is 519 g/mol. The first-order valence-corrected chi connectivity index (χ1v) is 13.0. The highest BCUT2D eigenvalue weighted by Gasteiger charge is 2.44. The van der Waals surface area contributed by atoms with Crippen LogP contribution in [0.3, 0.4) is 0 Å². The predicted octanol–water partition coefficient (Wildman–Crippen LogP) is 4.00. The third-order valence-corrected chi connectivity index (χ3v) is 7.72. The van der Waals surface area contributed by atoms with E-state index in [2.05, 4.69) is 11.4 Å². The van der Waals surface area contributed by atoms with Crippen LogP contribution >= 0.6 is 23.4 Å². The van der Waals surface area contributed by atoms with Crippen LogP contribution in [0.5, 0.6) is 5.75 Å². The fourth-order valence-corrected chi connectivity index (χ4v) is 5.95. The van der Waals surface area contributed by atoms with Gasteiger partial charge in [-0.1, -0.05) is 29.4 Å². The van der Waals surface area contributed by atoms with E-state index >= 15 is 0 Å². The predicted molar refractivity (Wildman–Crippen MR) is 134 cm³/mol. The molecule has 0 unspecified atom stereocenters. The third-order valence-electron chi connectivity index (χ3n) is 6.42. The molecule has 35 heavy (non-hydrogen) atoms. The lowest BCUT2D eigenvalue weighted by Crippen LogP contribution is -2.48. The molecule has 10 heteroatoms. The van der Waals surface area contributed by atoms with Gasteiger partial charge in [0.15, 0.2) is 0 Å². The number of piperidine rings is 1. The maximum absolute atomic E-state index is 13.0. The number of methoxy groups -OCH3 is 1. The Hall–Kier alpha value is -2.70. The number of likely N-dealkylation sites (tertiary alicyclic amines) is 1. The van der Waals surface area contributed by atoms with Crippen molar-refractivity contribution in [1.82, 2.24) is 10.2 Å². The average molecular weight is 520 g/mol. The van der Waals surface area contributed by atoms with Crippen molar-refractivity contribution in [2.24, 2.45) is 5.92 Å². The Morgan fingerprint density at radius 1 is 1.29 bits per heavy atom. The number of hydrogen-bond donors (Lipinski definition) is 1. The Morgan fingerprint density at radius 2 is 1.97 bits per heavy atom. The van der Waals surface area contributed by atoms with E-state index in [1.807, 2.05) is 25.7 Å². The number of benzene rings is 1. The van der Waals surface area contributed by atoms with Crippen molar-refractivity contribution in [2.45, 2.75) is 58.0 Å². The van der Waals surface area contributed by atoms with Crippen LogP contribution in [0, 0.1) is 17.2 Å². The molecular weight excluding hydrogens is 490 g/mol. The summed E-state index contributed by atoms with van der Waals surface area (Å²) < 4.78 is 10.4. The van der Waals surface area contributed by atoms with Crippen LogP contribution in [-0.2, 0) is 19.1 Å². The van der Waals surface area contributed by atoms with Gasteiger partial charge >= 0.3 is 5.97 Å². The summed E-state index contributed by atoms with van der Waals surface area (Å²) in [6, 6.07) is 7.34. The maximum Gasteiger partial charge on any atom is 0.319 e. The summed E-state index contributed by atoms with van der Waals surface area (Å²) in [5.74, 6) is -3.08. The number of nitrogens with zero attached hydrogens (tertiary/aromatic N) is 2. The van der Waals surface area contributed by atoms with Crippen LogP contribution in [0.15, 0.2) is 28.8 Å². The molecule has 1 aromatic rings. The number of rotatable bonds is 7. The normalized spacial score (nSPS) is 24.5. The van der Waals surface area contributed by atoms with Crippen LogP contribution in [0.1, 0.15) is 51.5 Å². The second-order valence-electron chi connectivity index (χ2n) is 8.66. The molecule has 2 aliphatic heterocycles. The van der Waals surface area contributed by atoms with Gasteiger partial charge in [0.05, 0.1) is 41.2 Å². The molecule has 0 bridgehead atoms. The summed E-state index contributed by atoms with van der Waals surface area (Å²) >= 11 is 7.47. The Morgan fingerprint density at radius 3 is 2.54 bits per heavy atom. The highest BCUT2D eigenvalue weighted by atomic mass is 35.5. The molecule has 188 valence electrons. The van der Waals surface area contributed by atoms with E-state index < -0.39 is 23.7 Å². The second-order valence-corrected chi connectivity index (χ2v) is 10.1. The molecule has 1 aromatic carbocycles. The van der Waals surface area contributed by atoms with Crippen LogP contribution in [0.25, 0.3) is 0 Å². The molecule has 0 saturated carbocycles. The fourth-order valence-electron chi connectivity index (χ4n) is 4.78. The fraction of sp³-hybridized carbons (Fsp3) is 0.520. The molecule has 0 aliphatic carbocycles. The first kappa shape index (κ1) is 26.9. The van der Waals surface area contributed by atoms with Gasteiger partial charge in [-0.25, -0.2) is 0 Å². The summed E-state index contributed by atoms with van der Waals surface area (Å²) in [4.78, 5) is 40.5. The number of carbonyl (C=O) groups is 3. The van der Waals surface area contributed by atoms with Crippen molar-refractivity contribution in [3.63, 3.8) is 0 Å². The lowest BCUT2D eigenvalue weighted by atomic mass is 9.78. The minimum absolute atomic E-state index is 0.0514. The van der Waals surface area contributed by atoms with Gasteiger partial charge in [-0.2, -0.15) is 5.26 Å². The van der Waals surface area contributed by atoms with Gasteiger partial charge < -0.3 is 19.7 Å². The maximum atomic E-state index is 13.0. The van der Waals surface area contributed by atoms with E-state index in [1.165, 1.54) is 7.11 Å². The lowest BCUT2D eigenvalue weighted by Gasteiger charge is -2.39. The summed E-state index contributed by atoms with van der Waals surface area (Å²) in [5, 5.41) is 13.3. The first-order valence-electron chi connectivity index (χ1n) is 11.6. The van der Waals surface area contributed by atoms with Crippen LogP contribution in [-0.4, -0.2) is 54.2 Å². The highest BCUT2D eigenvalue weighted by Crippen LogP contribution is 2.42. The number of hydrogen-bond acceptors (Lipinski definition) is 7. The first-order chi connectivity index (χ1) is 16.7. The third kappa shape index (κ3) is 5.76. The van der Waals surface area contributed by atoms with Crippen molar-refractivity contribution >= 4 is 41.1 Å². The topological polar surface area (TPSA) is 109 Å². The molecule has 1 saturated heterocycles. The Kier molecular flexibility index (Phi) is 9.09.